The van der Waals surface area contributed by atoms with Gasteiger partial charge < -0.3 is 10.1 Å². The third kappa shape index (κ3) is 5.83. The number of rotatable bonds is 4. The second-order valence-electron chi connectivity index (χ2n) is 6.16. The summed E-state index contributed by atoms with van der Waals surface area (Å²) in [5.41, 5.74) is 2.01. The standard InChI is InChI=1S/C18H21ClN2O2/c1-18(2,3)23-17(22)21-16-10-5-4-9-15(16)20-12-13-7-6-8-14(19)11-13/h4-11,20H,12H2,1-3H3,(H,21,22). The van der Waals surface area contributed by atoms with Crippen molar-refractivity contribution in [1.82, 2.24) is 0 Å². The molecule has 2 aromatic carbocycles. The van der Waals surface area contributed by atoms with Crippen LogP contribution in [0.3, 0.4) is 0 Å². The molecule has 0 spiro atoms. The Morgan fingerprint density at radius 3 is 2.43 bits per heavy atom. The maximum absolute atomic E-state index is 11.9. The lowest BCUT2D eigenvalue weighted by atomic mass is 10.2. The molecule has 4 nitrogen and oxygen atoms in total. The Morgan fingerprint density at radius 2 is 1.78 bits per heavy atom. The number of amides is 1. The molecule has 1 amide bonds. The van der Waals surface area contributed by atoms with Crippen molar-refractivity contribution in [3.63, 3.8) is 0 Å². The molecule has 0 heterocycles. The van der Waals surface area contributed by atoms with Gasteiger partial charge in [0.2, 0.25) is 0 Å². The van der Waals surface area contributed by atoms with Crippen LogP contribution in [0, 0.1) is 0 Å². The first-order chi connectivity index (χ1) is 10.8. The van der Waals surface area contributed by atoms with Crippen LogP contribution in [0.2, 0.25) is 5.02 Å². The summed E-state index contributed by atoms with van der Waals surface area (Å²) in [7, 11) is 0. The van der Waals surface area contributed by atoms with Gasteiger partial charge in [-0.05, 0) is 50.6 Å². The largest absolute Gasteiger partial charge is 0.444 e. The lowest BCUT2D eigenvalue weighted by Crippen LogP contribution is -2.27. The maximum atomic E-state index is 11.9. The number of carbonyl (C=O) groups excluding carboxylic acids is 1. The summed E-state index contributed by atoms with van der Waals surface area (Å²) in [5, 5.41) is 6.76. The number of halogens is 1. The highest BCUT2D eigenvalue weighted by Gasteiger charge is 2.17. The normalized spacial score (nSPS) is 11.0. The van der Waals surface area contributed by atoms with Crippen LogP contribution in [0.5, 0.6) is 0 Å². The van der Waals surface area contributed by atoms with E-state index in [1.165, 1.54) is 0 Å². The summed E-state index contributed by atoms with van der Waals surface area (Å²) >= 11 is 5.99. The van der Waals surface area contributed by atoms with Gasteiger partial charge in [-0.25, -0.2) is 4.79 Å². The molecule has 0 atom stereocenters. The third-order valence-corrected chi connectivity index (χ3v) is 3.17. The van der Waals surface area contributed by atoms with Crippen LogP contribution in [0.4, 0.5) is 16.2 Å². The molecule has 122 valence electrons. The van der Waals surface area contributed by atoms with Crippen molar-refractivity contribution in [2.24, 2.45) is 0 Å². The Bertz CT molecular complexity index is 681. The first kappa shape index (κ1) is 17.2. The van der Waals surface area contributed by atoms with E-state index in [9.17, 15) is 4.79 Å². The van der Waals surface area contributed by atoms with E-state index in [1.54, 1.807) is 0 Å². The van der Waals surface area contributed by atoms with E-state index in [2.05, 4.69) is 10.6 Å². The van der Waals surface area contributed by atoms with Gasteiger partial charge in [0.05, 0.1) is 11.4 Å². The zero-order chi connectivity index (χ0) is 16.9. The van der Waals surface area contributed by atoms with Crippen molar-refractivity contribution >= 4 is 29.1 Å². The minimum atomic E-state index is -0.534. The zero-order valence-electron chi connectivity index (χ0n) is 13.5. The summed E-state index contributed by atoms with van der Waals surface area (Å²) in [5.74, 6) is 0. The molecule has 2 N–H and O–H groups in total. The molecule has 0 aliphatic heterocycles. The average molecular weight is 333 g/mol. The van der Waals surface area contributed by atoms with Gasteiger partial charge >= 0.3 is 6.09 Å². The predicted octanol–water partition coefficient (Wildman–Crippen LogP) is 5.30. The maximum Gasteiger partial charge on any atom is 0.412 e. The number of benzene rings is 2. The number of hydrogen-bond donors (Lipinski definition) is 2. The molecular weight excluding hydrogens is 312 g/mol. The van der Waals surface area contributed by atoms with Gasteiger partial charge in [-0.15, -0.1) is 0 Å². The topological polar surface area (TPSA) is 50.4 Å². The van der Waals surface area contributed by atoms with Gasteiger partial charge in [-0.2, -0.15) is 0 Å². The Labute approximate surface area is 141 Å². The highest BCUT2D eigenvalue weighted by atomic mass is 35.5. The number of para-hydroxylation sites is 2. The third-order valence-electron chi connectivity index (χ3n) is 2.93. The Kier molecular flexibility index (Phi) is 5.50. The van der Waals surface area contributed by atoms with E-state index in [-0.39, 0.29) is 0 Å². The number of hydrogen-bond acceptors (Lipinski definition) is 3. The molecule has 0 radical (unpaired) electrons. The van der Waals surface area contributed by atoms with Gasteiger partial charge in [-0.1, -0.05) is 35.9 Å². The molecule has 2 aromatic rings. The molecular formula is C18H21ClN2O2. The van der Waals surface area contributed by atoms with Crippen molar-refractivity contribution in [3.8, 4) is 0 Å². The number of carbonyl (C=O) groups is 1. The fourth-order valence-electron chi connectivity index (χ4n) is 2.00. The van der Waals surface area contributed by atoms with Gasteiger partial charge in [-0.3, -0.25) is 5.32 Å². The zero-order valence-corrected chi connectivity index (χ0v) is 14.3. The Morgan fingerprint density at radius 1 is 1.09 bits per heavy atom. The van der Waals surface area contributed by atoms with Gasteiger partial charge in [0.15, 0.2) is 0 Å². The molecule has 2 rings (SSSR count). The van der Waals surface area contributed by atoms with Crippen molar-refractivity contribution in [2.45, 2.75) is 32.9 Å². The lowest BCUT2D eigenvalue weighted by Gasteiger charge is -2.20. The van der Waals surface area contributed by atoms with Crippen molar-refractivity contribution in [1.29, 1.82) is 0 Å². The number of ether oxygens (including phenoxy) is 1. The van der Waals surface area contributed by atoms with Crippen LogP contribution in [0.25, 0.3) is 0 Å². The van der Waals surface area contributed by atoms with E-state index in [0.29, 0.717) is 17.3 Å². The summed E-state index contributed by atoms with van der Waals surface area (Å²) in [6, 6.07) is 15.1. The highest BCUT2D eigenvalue weighted by molar-refractivity contribution is 6.30. The van der Waals surface area contributed by atoms with Crippen LogP contribution >= 0.6 is 11.6 Å². The molecule has 5 heteroatoms. The minimum absolute atomic E-state index is 0.477. The van der Waals surface area contributed by atoms with Crippen LogP contribution in [0.15, 0.2) is 48.5 Å². The Hall–Kier alpha value is -2.20. The van der Waals surface area contributed by atoms with Crippen molar-refractivity contribution < 1.29 is 9.53 Å². The smallest absolute Gasteiger partial charge is 0.412 e. The first-order valence-corrected chi connectivity index (χ1v) is 7.79. The molecule has 0 saturated heterocycles. The molecule has 0 aliphatic carbocycles. The molecule has 0 fully saturated rings. The van der Waals surface area contributed by atoms with Crippen LogP contribution in [0.1, 0.15) is 26.3 Å². The molecule has 0 aliphatic rings. The first-order valence-electron chi connectivity index (χ1n) is 7.41. The summed E-state index contributed by atoms with van der Waals surface area (Å²) in [6.07, 6.45) is -0.477. The van der Waals surface area contributed by atoms with Crippen molar-refractivity contribution in [2.75, 3.05) is 10.6 Å². The second-order valence-corrected chi connectivity index (χ2v) is 6.59. The van der Waals surface area contributed by atoms with Gasteiger partial charge in [0.25, 0.3) is 0 Å². The number of nitrogens with one attached hydrogen (secondary N) is 2. The van der Waals surface area contributed by atoms with E-state index in [4.69, 9.17) is 16.3 Å². The molecule has 0 saturated carbocycles. The summed E-state index contributed by atoms with van der Waals surface area (Å²) in [4.78, 5) is 11.9. The average Bonchev–Trinajstić information content (AvgIpc) is 2.44. The lowest BCUT2D eigenvalue weighted by molar-refractivity contribution is 0.0636. The van der Waals surface area contributed by atoms with E-state index >= 15 is 0 Å². The predicted molar refractivity (Wildman–Crippen MR) is 95.1 cm³/mol. The molecule has 23 heavy (non-hydrogen) atoms. The summed E-state index contributed by atoms with van der Waals surface area (Å²) < 4.78 is 5.28. The monoisotopic (exact) mass is 332 g/mol. The SMILES string of the molecule is CC(C)(C)OC(=O)Nc1ccccc1NCc1cccc(Cl)c1. The van der Waals surface area contributed by atoms with E-state index < -0.39 is 11.7 Å². The fraction of sp³-hybridized carbons (Fsp3) is 0.278. The highest BCUT2D eigenvalue weighted by Crippen LogP contribution is 2.23. The molecule has 0 bridgehead atoms. The van der Waals surface area contributed by atoms with Crippen LogP contribution in [-0.4, -0.2) is 11.7 Å². The van der Waals surface area contributed by atoms with E-state index in [0.717, 1.165) is 11.3 Å². The fourth-order valence-corrected chi connectivity index (χ4v) is 2.22. The molecule has 0 aromatic heterocycles. The van der Waals surface area contributed by atoms with Gasteiger partial charge in [0.1, 0.15) is 5.60 Å². The Balaban J connectivity index is 2.04. The van der Waals surface area contributed by atoms with Crippen LogP contribution < -0.4 is 10.6 Å². The summed E-state index contributed by atoms with van der Waals surface area (Å²) in [6.45, 7) is 6.09. The van der Waals surface area contributed by atoms with Crippen molar-refractivity contribution in [3.05, 3.63) is 59.1 Å². The molecule has 0 unspecified atom stereocenters. The van der Waals surface area contributed by atoms with E-state index in [1.807, 2.05) is 69.3 Å². The van der Waals surface area contributed by atoms with Gasteiger partial charge in [0, 0.05) is 11.6 Å². The second kappa shape index (κ2) is 7.38. The number of anilines is 2. The quantitative estimate of drug-likeness (QED) is 0.798. The minimum Gasteiger partial charge on any atom is -0.444 e. The van der Waals surface area contributed by atoms with Crippen LogP contribution in [-0.2, 0) is 11.3 Å².